The van der Waals surface area contributed by atoms with E-state index in [-0.39, 0.29) is 40.6 Å². The highest BCUT2D eigenvalue weighted by atomic mass is 35.5. The highest BCUT2D eigenvalue weighted by Crippen LogP contribution is 2.25. The second-order valence-electron chi connectivity index (χ2n) is 3.67. The van der Waals surface area contributed by atoms with Crippen LogP contribution in [0.4, 0.5) is 8.78 Å². The first-order valence-electron chi connectivity index (χ1n) is 5.00. The summed E-state index contributed by atoms with van der Waals surface area (Å²) >= 11 is 11.2. The summed E-state index contributed by atoms with van der Waals surface area (Å²) in [5, 5.41) is 0.154. The minimum absolute atomic E-state index is 0. The molecule has 0 aliphatic heterocycles. The Morgan fingerprint density at radius 1 is 1.05 bits per heavy atom. The van der Waals surface area contributed by atoms with Crippen LogP contribution in [0, 0.1) is 11.6 Å². The van der Waals surface area contributed by atoms with E-state index in [0.29, 0.717) is 5.56 Å². The maximum absolute atomic E-state index is 13.6. The number of hydrogen-bond acceptors (Lipinski definition) is 2. The van der Waals surface area contributed by atoms with E-state index in [2.05, 4.69) is 4.98 Å². The standard InChI is InChI=1S/C12H8Cl2F2N2.2ClH/c13-7-4-10(16)12(18-5-7)11(17)6-1-2-8(14)9(15)3-6;;/h1-5,11H,17H2;2*1H/t11-;;/m1../s1. The summed E-state index contributed by atoms with van der Waals surface area (Å²) in [6.45, 7) is 0. The Labute approximate surface area is 137 Å². The monoisotopic (exact) mass is 360 g/mol. The van der Waals surface area contributed by atoms with Crippen LogP contribution in [-0.2, 0) is 0 Å². The molecule has 0 spiro atoms. The third-order valence-corrected chi connectivity index (χ3v) is 2.95. The predicted octanol–water partition coefficient (Wildman–Crippen LogP) is 4.56. The number of rotatable bonds is 2. The molecule has 8 heteroatoms. The second-order valence-corrected chi connectivity index (χ2v) is 4.52. The molecule has 0 saturated carbocycles. The third kappa shape index (κ3) is 4.17. The number of nitrogens with two attached hydrogens (primary N) is 1. The summed E-state index contributed by atoms with van der Waals surface area (Å²) < 4.78 is 26.9. The number of benzene rings is 1. The Balaban J connectivity index is 0.00000180. The first kappa shape index (κ1) is 19.4. The summed E-state index contributed by atoms with van der Waals surface area (Å²) in [6.07, 6.45) is 1.28. The van der Waals surface area contributed by atoms with Gasteiger partial charge in [0.05, 0.1) is 21.8 Å². The lowest BCUT2D eigenvalue weighted by atomic mass is 10.0. The molecule has 0 fully saturated rings. The van der Waals surface area contributed by atoms with E-state index in [4.69, 9.17) is 28.9 Å². The van der Waals surface area contributed by atoms with E-state index >= 15 is 0 Å². The Bertz CT molecular complexity index is 596. The second kappa shape index (κ2) is 7.96. The first-order valence-corrected chi connectivity index (χ1v) is 5.76. The zero-order chi connectivity index (χ0) is 13.3. The lowest BCUT2D eigenvalue weighted by molar-refractivity contribution is 0.583. The van der Waals surface area contributed by atoms with E-state index in [9.17, 15) is 8.78 Å². The molecule has 0 amide bonds. The minimum atomic E-state index is -0.881. The maximum Gasteiger partial charge on any atom is 0.148 e. The van der Waals surface area contributed by atoms with Gasteiger partial charge in [-0.1, -0.05) is 29.3 Å². The molecule has 1 heterocycles. The van der Waals surface area contributed by atoms with Crippen LogP contribution >= 0.6 is 48.0 Å². The van der Waals surface area contributed by atoms with Gasteiger partial charge in [0.2, 0.25) is 0 Å². The van der Waals surface area contributed by atoms with Crippen molar-refractivity contribution in [2.24, 2.45) is 5.73 Å². The molecule has 2 N–H and O–H groups in total. The van der Waals surface area contributed by atoms with E-state index in [1.165, 1.54) is 18.3 Å². The molecule has 0 aliphatic rings. The number of aromatic nitrogens is 1. The molecule has 1 aromatic carbocycles. The van der Waals surface area contributed by atoms with Crippen molar-refractivity contribution in [1.82, 2.24) is 4.98 Å². The molecule has 1 atom stereocenters. The van der Waals surface area contributed by atoms with Crippen LogP contribution < -0.4 is 5.73 Å². The summed E-state index contributed by atoms with van der Waals surface area (Å²) in [6, 6.07) is 4.26. The molecule has 0 aliphatic carbocycles. The smallest absolute Gasteiger partial charge is 0.148 e. The van der Waals surface area contributed by atoms with E-state index in [0.717, 1.165) is 12.1 Å². The summed E-state index contributed by atoms with van der Waals surface area (Å²) in [4.78, 5) is 3.82. The topological polar surface area (TPSA) is 38.9 Å². The van der Waals surface area contributed by atoms with Crippen molar-refractivity contribution in [3.05, 3.63) is 63.4 Å². The van der Waals surface area contributed by atoms with E-state index in [1.807, 2.05) is 0 Å². The van der Waals surface area contributed by atoms with Crippen molar-refractivity contribution in [3.8, 4) is 0 Å². The molecule has 2 nitrogen and oxygen atoms in total. The third-order valence-electron chi connectivity index (χ3n) is 2.43. The number of halogens is 6. The number of pyridine rings is 1. The molecule has 0 bridgehead atoms. The molecule has 0 saturated heterocycles. The van der Waals surface area contributed by atoms with Gasteiger partial charge in [-0.3, -0.25) is 4.98 Å². The quantitative estimate of drug-likeness (QED) is 0.851. The van der Waals surface area contributed by atoms with Gasteiger partial charge in [0.1, 0.15) is 11.6 Å². The van der Waals surface area contributed by atoms with Crippen LogP contribution in [0.3, 0.4) is 0 Å². The molecular formula is C12H10Cl4F2N2. The van der Waals surface area contributed by atoms with Crippen LogP contribution in [0.15, 0.2) is 30.5 Å². The van der Waals surface area contributed by atoms with Crippen LogP contribution in [0.1, 0.15) is 17.3 Å². The normalized spacial score (nSPS) is 11.2. The Kier molecular flexibility index (Phi) is 7.70. The molecule has 1 aromatic heterocycles. The Hall–Kier alpha value is -0.650. The van der Waals surface area contributed by atoms with Crippen molar-refractivity contribution in [2.45, 2.75) is 6.04 Å². The van der Waals surface area contributed by atoms with Crippen LogP contribution in [0.5, 0.6) is 0 Å². The molecule has 110 valence electrons. The average molecular weight is 362 g/mol. The largest absolute Gasteiger partial charge is 0.319 e. The van der Waals surface area contributed by atoms with Gasteiger partial charge >= 0.3 is 0 Å². The lowest BCUT2D eigenvalue weighted by Gasteiger charge is -2.12. The van der Waals surface area contributed by atoms with Gasteiger partial charge in [0.15, 0.2) is 0 Å². The maximum atomic E-state index is 13.6. The Morgan fingerprint density at radius 3 is 2.25 bits per heavy atom. The fraction of sp³-hybridized carbons (Fsp3) is 0.0833. The molecule has 2 rings (SSSR count). The molecule has 2 aromatic rings. The number of hydrogen-bond donors (Lipinski definition) is 1. The molecule has 0 unspecified atom stereocenters. The van der Waals surface area contributed by atoms with Gasteiger partial charge in [-0.25, -0.2) is 8.78 Å². The lowest BCUT2D eigenvalue weighted by Crippen LogP contribution is -2.15. The van der Waals surface area contributed by atoms with E-state index in [1.54, 1.807) is 0 Å². The van der Waals surface area contributed by atoms with Gasteiger partial charge in [0, 0.05) is 6.20 Å². The van der Waals surface area contributed by atoms with Gasteiger partial charge in [-0.05, 0) is 23.8 Å². The van der Waals surface area contributed by atoms with Gasteiger partial charge < -0.3 is 5.73 Å². The van der Waals surface area contributed by atoms with E-state index < -0.39 is 17.7 Å². The fourth-order valence-corrected chi connectivity index (χ4v) is 1.78. The summed E-state index contributed by atoms with van der Waals surface area (Å²) in [5.74, 6) is -1.25. The minimum Gasteiger partial charge on any atom is -0.319 e. The average Bonchev–Trinajstić information content (AvgIpc) is 2.32. The van der Waals surface area contributed by atoms with Crippen molar-refractivity contribution in [3.63, 3.8) is 0 Å². The van der Waals surface area contributed by atoms with Crippen LogP contribution in [0.2, 0.25) is 10.0 Å². The predicted molar refractivity (Wildman–Crippen MR) is 81.1 cm³/mol. The van der Waals surface area contributed by atoms with Crippen molar-refractivity contribution < 1.29 is 8.78 Å². The fourth-order valence-electron chi connectivity index (χ4n) is 1.52. The zero-order valence-electron chi connectivity index (χ0n) is 9.82. The van der Waals surface area contributed by atoms with Crippen LogP contribution in [-0.4, -0.2) is 4.98 Å². The highest BCUT2D eigenvalue weighted by Gasteiger charge is 2.16. The summed E-state index contributed by atoms with van der Waals surface area (Å²) in [7, 11) is 0. The van der Waals surface area contributed by atoms with Crippen LogP contribution in [0.25, 0.3) is 0 Å². The van der Waals surface area contributed by atoms with Crippen molar-refractivity contribution in [2.75, 3.05) is 0 Å². The van der Waals surface area contributed by atoms with Crippen molar-refractivity contribution in [1.29, 1.82) is 0 Å². The number of nitrogens with zero attached hydrogens (tertiary/aromatic N) is 1. The SMILES string of the molecule is Cl.Cl.N[C@H](c1ccc(Cl)c(F)c1)c1ncc(Cl)cc1F. The molecule has 0 radical (unpaired) electrons. The first-order chi connectivity index (χ1) is 8.49. The van der Waals surface area contributed by atoms with Gasteiger partial charge in [0.25, 0.3) is 0 Å². The molecule has 20 heavy (non-hydrogen) atoms. The van der Waals surface area contributed by atoms with Gasteiger partial charge in [-0.15, -0.1) is 24.8 Å². The van der Waals surface area contributed by atoms with Gasteiger partial charge in [-0.2, -0.15) is 0 Å². The highest BCUT2D eigenvalue weighted by molar-refractivity contribution is 6.30. The Morgan fingerprint density at radius 2 is 1.70 bits per heavy atom. The summed E-state index contributed by atoms with van der Waals surface area (Å²) in [5.41, 5.74) is 6.21. The van der Waals surface area contributed by atoms with Crippen molar-refractivity contribution >= 4 is 48.0 Å². The molecular weight excluding hydrogens is 352 g/mol. The zero-order valence-corrected chi connectivity index (χ0v) is 13.0.